The second-order valence-corrected chi connectivity index (χ2v) is 7.86. The minimum Gasteiger partial charge on any atom is -0.462 e. The van der Waals surface area contributed by atoms with Crippen LogP contribution in [0.1, 0.15) is 37.3 Å². The Bertz CT molecular complexity index is 675. The molecule has 0 bridgehead atoms. The van der Waals surface area contributed by atoms with Crippen molar-refractivity contribution in [3.8, 4) is 5.75 Å². The summed E-state index contributed by atoms with van der Waals surface area (Å²) in [6.07, 6.45) is -1.28. The Labute approximate surface area is 173 Å². The predicted molar refractivity (Wildman–Crippen MR) is 112 cm³/mol. The van der Waals surface area contributed by atoms with Crippen LogP contribution in [0.15, 0.2) is 24.3 Å². The summed E-state index contributed by atoms with van der Waals surface area (Å²) >= 11 is 0. The highest BCUT2D eigenvalue weighted by Crippen LogP contribution is 2.30. The lowest BCUT2D eigenvalue weighted by Gasteiger charge is -2.39. The molecule has 2 rings (SSSR count). The Balaban J connectivity index is 2.24. The Kier molecular flexibility index (Phi) is 9.07. The molecule has 5 atom stereocenters. The average molecular weight is 410 g/mol. The molecule has 1 aromatic rings. The van der Waals surface area contributed by atoms with E-state index >= 15 is 0 Å². The van der Waals surface area contributed by atoms with Gasteiger partial charge in [0.05, 0.1) is 6.61 Å². The van der Waals surface area contributed by atoms with Gasteiger partial charge in [-0.3, -0.25) is 0 Å². The zero-order valence-electron chi connectivity index (χ0n) is 17.8. The molecule has 7 heteroatoms. The molecule has 1 saturated heterocycles. The largest absolute Gasteiger partial charge is 0.462 e. The van der Waals surface area contributed by atoms with Gasteiger partial charge in [-0.15, -0.1) is 0 Å². The number of benzene rings is 1. The van der Waals surface area contributed by atoms with Crippen molar-refractivity contribution < 1.29 is 29.9 Å². The number of aryl methyl sites for hydroxylation is 1. The van der Waals surface area contributed by atoms with Crippen molar-refractivity contribution in [2.24, 2.45) is 0 Å². The summed E-state index contributed by atoms with van der Waals surface area (Å²) < 4.78 is 11.3. The van der Waals surface area contributed by atoms with E-state index in [9.17, 15) is 20.4 Å². The molecule has 164 valence electrons. The molecule has 1 aliphatic rings. The molecule has 0 amide bonds. The van der Waals surface area contributed by atoms with Gasteiger partial charge in [0.2, 0.25) is 6.29 Å². The highest BCUT2D eigenvalue weighted by molar-refractivity contribution is 5.69. The number of hydrogen-bond donors (Lipinski definition) is 4. The molecule has 1 aliphatic heterocycles. The van der Waals surface area contributed by atoms with E-state index in [1.54, 1.807) is 6.07 Å². The normalized spacial score (nSPS) is 28.0. The highest BCUT2D eigenvalue weighted by atomic mass is 16.7. The average Bonchev–Trinajstić information content (AvgIpc) is 2.70. The number of rotatable bonds is 9. The fourth-order valence-corrected chi connectivity index (χ4v) is 3.33. The van der Waals surface area contributed by atoms with Crippen LogP contribution in [0.4, 0.5) is 0 Å². The van der Waals surface area contributed by atoms with Crippen LogP contribution >= 0.6 is 0 Å². The molecule has 0 aliphatic carbocycles. The van der Waals surface area contributed by atoms with E-state index in [0.29, 0.717) is 5.75 Å². The molecule has 7 nitrogen and oxygen atoms in total. The van der Waals surface area contributed by atoms with Crippen LogP contribution in [0.25, 0.3) is 5.57 Å². The Morgan fingerprint density at radius 1 is 1.17 bits per heavy atom. The van der Waals surface area contributed by atoms with Crippen LogP contribution in [0.2, 0.25) is 0 Å². The van der Waals surface area contributed by atoms with Gasteiger partial charge < -0.3 is 34.8 Å². The molecule has 0 radical (unpaired) electrons. The summed E-state index contributed by atoms with van der Waals surface area (Å²) in [5, 5.41) is 39.4. The van der Waals surface area contributed by atoms with Crippen LogP contribution < -0.4 is 4.74 Å². The zero-order chi connectivity index (χ0) is 21.6. The number of aliphatic hydroxyl groups excluding tert-OH is 4. The molecule has 4 N–H and O–H groups in total. The van der Waals surface area contributed by atoms with E-state index in [0.717, 1.165) is 36.9 Å². The van der Waals surface area contributed by atoms with E-state index in [2.05, 4.69) is 17.9 Å². The lowest BCUT2D eigenvalue weighted by Crippen LogP contribution is -2.60. The van der Waals surface area contributed by atoms with E-state index in [-0.39, 0.29) is 0 Å². The Hall–Kier alpha value is -1.48. The third kappa shape index (κ3) is 6.25. The minimum atomic E-state index is -1.46. The van der Waals surface area contributed by atoms with Crippen molar-refractivity contribution in [1.29, 1.82) is 0 Å². The summed E-state index contributed by atoms with van der Waals surface area (Å²) in [6.45, 7) is 4.62. The van der Waals surface area contributed by atoms with Crippen LogP contribution in [0, 0.1) is 6.92 Å². The predicted octanol–water partition coefficient (Wildman–Crippen LogP) is 1.31. The molecule has 29 heavy (non-hydrogen) atoms. The summed E-state index contributed by atoms with van der Waals surface area (Å²) in [4.78, 5) is 2.14. The molecule has 1 fully saturated rings. The van der Waals surface area contributed by atoms with Gasteiger partial charge in [-0.25, -0.2) is 0 Å². The van der Waals surface area contributed by atoms with Crippen LogP contribution in [0.3, 0.4) is 0 Å². The maximum Gasteiger partial charge on any atom is 0.229 e. The number of nitrogens with zero attached hydrogens (tertiary/aromatic N) is 1. The first-order chi connectivity index (χ1) is 13.8. The van der Waals surface area contributed by atoms with Gasteiger partial charge in [-0.2, -0.15) is 0 Å². The third-order valence-corrected chi connectivity index (χ3v) is 5.16. The van der Waals surface area contributed by atoms with Crippen LogP contribution in [0.5, 0.6) is 5.75 Å². The first-order valence-electron chi connectivity index (χ1n) is 10.2. The smallest absolute Gasteiger partial charge is 0.229 e. The third-order valence-electron chi connectivity index (χ3n) is 5.16. The lowest BCUT2D eigenvalue weighted by molar-refractivity contribution is -0.277. The van der Waals surface area contributed by atoms with Gasteiger partial charge in [-0.05, 0) is 62.7 Å². The van der Waals surface area contributed by atoms with Gasteiger partial charge in [0, 0.05) is 6.54 Å². The lowest BCUT2D eigenvalue weighted by atomic mass is 9.96. The van der Waals surface area contributed by atoms with Gasteiger partial charge in [0.15, 0.2) is 0 Å². The molecule has 0 saturated carbocycles. The van der Waals surface area contributed by atoms with Gasteiger partial charge >= 0.3 is 0 Å². The quantitative estimate of drug-likeness (QED) is 0.488. The number of ether oxygens (including phenoxy) is 2. The number of unbranched alkanes of at least 4 members (excludes halogenated alkanes) is 1. The summed E-state index contributed by atoms with van der Waals surface area (Å²) in [7, 11) is 4.09. The SMILES string of the molecule is CCC/C=C(/CCN(C)C)c1cc(O[C@@H]2O[C@H](CO)[C@@H](O)[C@H](O)[C@H]2O)ccc1C. The number of aliphatic hydroxyl groups is 4. The maximum absolute atomic E-state index is 10.2. The summed E-state index contributed by atoms with van der Waals surface area (Å²) in [6, 6.07) is 5.64. The number of allylic oxidation sites excluding steroid dienone is 1. The first kappa shape index (κ1) is 23.8. The highest BCUT2D eigenvalue weighted by Gasteiger charge is 2.44. The van der Waals surface area contributed by atoms with Gasteiger partial charge in [0.25, 0.3) is 0 Å². The molecule has 1 heterocycles. The monoisotopic (exact) mass is 409 g/mol. The van der Waals surface area contributed by atoms with Crippen molar-refractivity contribution in [3.05, 3.63) is 35.4 Å². The second-order valence-electron chi connectivity index (χ2n) is 7.86. The number of hydrogen-bond acceptors (Lipinski definition) is 7. The summed E-state index contributed by atoms with van der Waals surface area (Å²) in [5.74, 6) is 0.488. The Morgan fingerprint density at radius 3 is 2.52 bits per heavy atom. The van der Waals surface area contributed by atoms with Crippen molar-refractivity contribution in [3.63, 3.8) is 0 Å². The molecule has 0 spiro atoms. The van der Waals surface area contributed by atoms with Crippen molar-refractivity contribution in [2.45, 2.75) is 63.8 Å². The summed E-state index contributed by atoms with van der Waals surface area (Å²) in [5.41, 5.74) is 3.42. The molecular weight excluding hydrogens is 374 g/mol. The molecular formula is C22H35NO6. The van der Waals surface area contributed by atoms with Gasteiger partial charge in [0.1, 0.15) is 30.2 Å². The zero-order valence-corrected chi connectivity index (χ0v) is 17.8. The van der Waals surface area contributed by atoms with Crippen LogP contribution in [-0.4, -0.2) is 83.3 Å². The van der Waals surface area contributed by atoms with Crippen molar-refractivity contribution in [1.82, 2.24) is 4.90 Å². The topological polar surface area (TPSA) is 103 Å². The van der Waals surface area contributed by atoms with Crippen molar-refractivity contribution >= 4 is 5.57 Å². The van der Waals surface area contributed by atoms with E-state index in [4.69, 9.17) is 9.47 Å². The second kappa shape index (κ2) is 11.1. The van der Waals surface area contributed by atoms with E-state index in [1.807, 2.05) is 33.2 Å². The fourth-order valence-electron chi connectivity index (χ4n) is 3.33. The minimum absolute atomic E-state index is 0.488. The van der Waals surface area contributed by atoms with Gasteiger partial charge in [-0.1, -0.05) is 25.5 Å². The molecule has 0 aromatic heterocycles. The van der Waals surface area contributed by atoms with Crippen molar-refractivity contribution in [2.75, 3.05) is 27.2 Å². The standard InChI is InChI=1S/C22H35NO6/c1-5-6-7-15(10-11-23(3)4)17-12-16(9-8-14(17)2)28-22-21(27)20(26)19(25)18(13-24)29-22/h7-9,12,18-22,24-27H,5-6,10-11,13H2,1-4H3/b15-7-/t18-,19-,20+,21-,22-/m1/s1. The van der Waals surface area contributed by atoms with Crippen LogP contribution in [-0.2, 0) is 4.74 Å². The Morgan fingerprint density at radius 2 is 1.90 bits per heavy atom. The van der Waals surface area contributed by atoms with E-state index < -0.39 is 37.3 Å². The molecule has 0 unspecified atom stereocenters. The maximum atomic E-state index is 10.2. The fraction of sp³-hybridized carbons (Fsp3) is 0.636. The first-order valence-corrected chi connectivity index (χ1v) is 10.2. The molecule has 1 aromatic carbocycles. The van der Waals surface area contributed by atoms with E-state index in [1.165, 1.54) is 5.57 Å².